The van der Waals surface area contributed by atoms with E-state index in [9.17, 15) is 15.4 Å². The highest BCUT2D eigenvalue weighted by atomic mass is 35.5. The Morgan fingerprint density at radius 3 is 2.22 bits per heavy atom. The molecule has 1 aromatic heterocycles. The van der Waals surface area contributed by atoms with E-state index in [1.807, 2.05) is 0 Å². The van der Waals surface area contributed by atoms with Gasteiger partial charge in [0.2, 0.25) is 11.6 Å². The zero-order chi connectivity index (χ0) is 26.7. The first-order valence-corrected chi connectivity index (χ1v) is 12.1. The Labute approximate surface area is 228 Å². The second-order valence-electron chi connectivity index (χ2n) is 8.14. The Morgan fingerprint density at radius 2 is 1.59 bits per heavy atom. The minimum atomic E-state index is -0.623. The monoisotopic (exact) mass is 552 g/mol. The number of nitrogens with zero attached hydrogens (tertiary/aromatic N) is 4. The molecule has 0 spiro atoms. The maximum atomic E-state index is 12.0. The highest BCUT2D eigenvalue weighted by Gasteiger charge is 2.25. The summed E-state index contributed by atoms with van der Waals surface area (Å²) >= 11 is 18.8. The van der Waals surface area contributed by atoms with Gasteiger partial charge in [-0.15, -0.1) is 0 Å². The van der Waals surface area contributed by atoms with Gasteiger partial charge in [0.15, 0.2) is 0 Å². The van der Waals surface area contributed by atoms with Crippen molar-refractivity contribution in [1.29, 1.82) is 5.26 Å². The van der Waals surface area contributed by atoms with Gasteiger partial charge in [0.1, 0.15) is 6.33 Å². The van der Waals surface area contributed by atoms with Crippen LogP contribution in [0.3, 0.4) is 0 Å². The number of aryl methyl sites for hydroxylation is 1. The molecule has 4 rings (SSSR count). The van der Waals surface area contributed by atoms with Gasteiger partial charge in [0.25, 0.3) is 0 Å². The van der Waals surface area contributed by atoms with E-state index in [1.165, 1.54) is 6.33 Å². The van der Waals surface area contributed by atoms with Gasteiger partial charge in [-0.1, -0.05) is 59.1 Å². The van der Waals surface area contributed by atoms with Crippen LogP contribution in [0.25, 0.3) is 0 Å². The third-order valence-corrected chi connectivity index (χ3v) is 6.75. The number of anilines is 4. The SMILES string of the molecule is Cc1cc(C(C#N)c2ccc(Cl)cc2)c(Cl)cc1Nc1ncnc(Nc2cccc(Cl)c2C)c1[N+](=O)[O-]. The summed E-state index contributed by atoms with van der Waals surface area (Å²) in [5.74, 6) is -0.646. The van der Waals surface area contributed by atoms with Crippen molar-refractivity contribution in [3.63, 3.8) is 0 Å². The molecule has 186 valence electrons. The molecule has 0 radical (unpaired) electrons. The molecule has 0 aliphatic carbocycles. The average Bonchev–Trinajstić information content (AvgIpc) is 2.86. The molecule has 8 nitrogen and oxygen atoms in total. The predicted octanol–water partition coefficient (Wildman–Crippen LogP) is 8.10. The van der Waals surface area contributed by atoms with Crippen molar-refractivity contribution >= 4 is 63.5 Å². The van der Waals surface area contributed by atoms with E-state index in [-0.39, 0.29) is 17.3 Å². The van der Waals surface area contributed by atoms with E-state index in [0.717, 1.165) is 11.1 Å². The molecule has 0 amide bonds. The van der Waals surface area contributed by atoms with Gasteiger partial charge in [-0.3, -0.25) is 10.1 Å². The number of hydrogen-bond donors (Lipinski definition) is 2. The molecule has 4 aromatic rings. The van der Waals surface area contributed by atoms with Crippen molar-refractivity contribution in [1.82, 2.24) is 9.97 Å². The highest BCUT2D eigenvalue weighted by Crippen LogP contribution is 2.38. The largest absolute Gasteiger partial charge is 0.353 e. The van der Waals surface area contributed by atoms with E-state index in [2.05, 4.69) is 26.7 Å². The molecule has 3 aromatic carbocycles. The molecule has 0 aliphatic rings. The summed E-state index contributed by atoms with van der Waals surface area (Å²) in [6, 6.07) is 17.8. The normalized spacial score (nSPS) is 11.5. The molecule has 0 saturated heterocycles. The Hall–Kier alpha value is -3.90. The van der Waals surface area contributed by atoms with Gasteiger partial charge in [-0.25, -0.2) is 9.97 Å². The van der Waals surface area contributed by atoms with Gasteiger partial charge in [0, 0.05) is 26.4 Å². The van der Waals surface area contributed by atoms with E-state index in [1.54, 1.807) is 68.4 Å². The second-order valence-corrected chi connectivity index (χ2v) is 9.39. The Bertz CT molecular complexity index is 1540. The van der Waals surface area contributed by atoms with Crippen LogP contribution in [0.5, 0.6) is 0 Å². The van der Waals surface area contributed by atoms with E-state index >= 15 is 0 Å². The lowest BCUT2D eigenvalue weighted by Crippen LogP contribution is -2.07. The summed E-state index contributed by atoms with van der Waals surface area (Å²) in [5.41, 5.74) is 3.50. The van der Waals surface area contributed by atoms with Crippen LogP contribution in [0.1, 0.15) is 28.2 Å². The first-order chi connectivity index (χ1) is 17.7. The van der Waals surface area contributed by atoms with Crippen LogP contribution in [0.2, 0.25) is 15.1 Å². The lowest BCUT2D eigenvalue weighted by Gasteiger charge is -2.17. The fraction of sp³-hybridized carbons (Fsp3) is 0.115. The standard InChI is InChI=1S/C26H19Cl3N6O2/c1-14-10-18(19(12-30)16-6-8-17(27)9-7-16)21(29)11-23(14)34-26-24(35(36)37)25(31-13-32-26)33-22-5-3-4-20(28)15(22)2/h3-11,13,19H,1-2H3,(H2,31,32,33,34). The van der Waals surface area contributed by atoms with Crippen LogP contribution >= 0.6 is 34.8 Å². The third-order valence-electron chi connectivity index (χ3n) is 5.77. The molecular formula is C26H19Cl3N6O2. The number of rotatable bonds is 7. The van der Waals surface area contributed by atoms with E-state index < -0.39 is 10.8 Å². The van der Waals surface area contributed by atoms with Gasteiger partial charge >= 0.3 is 5.69 Å². The van der Waals surface area contributed by atoms with Crippen molar-refractivity contribution in [2.75, 3.05) is 10.6 Å². The van der Waals surface area contributed by atoms with E-state index in [0.29, 0.717) is 37.6 Å². The molecule has 2 N–H and O–H groups in total. The smallest absolute Gasteiger partial charge is 0.334 e. The zero-order valence-corrected chi connectivity index (χ0v) is 21.9. The lowest BCUT2D eigenvalue weighted by molar-refractivity contribution is -0.383. The summed E-state index contributed by atoms with van der Waals surface area (Å²) < 4.78 is 0. The maximum Gasteiger partial charge on any atom is 0.353 e. The minimum Gasteiger partial charge on any atom is -0.334 e. The fourth-order valence-electron chi connectivity index (χ4n) is 3.77. The van der Waals surface area contributed by atoms with Crippen molar-refractivity contribution in [3.8, 4) is 6.07 Å². The molecule has 1 unspecified atom stereocenters. The molecule has 0 saturated carbocycles. The van der Waals surface area contributed by atoms with Gasteiger partial charge in [0.05, 0.1) is 16.9 Å². The molecule has 0 fully saturated rings. The lowest BCUT2D eigenvalue weighted by atomic mass is 9.91. The molecule has 37 heavy (non-hydrogen) atoms. The number of nitrogens with one attached hydrogen (secondary N) is 2. The van der Waals surface area contributed by atoms with Crippen LogP contribution in [0.15, 0.2) is 60.9 Å². The number of nitriles is 1. The zero-order valence-electron chi connectivity index (χ0n) is 19.6. The third kappa shape index (κ3) is 5.59. The van der Waals surface area contributed by atoms with Crippen molar-refractivity contribution in [3.05, 3.63) is 108 Å². The summed E-state index contributed by atoms with van der Waals surface area (Å²) in [5, 5.41) is 29.3. The molecule has 11 heteroatoms. The van der Waals surface area contributed by atoms with Crippen molar-refractivity contribution in [2.45, 2.75) is 19.8 Å². The molecule has 1 atom stereocenters. The minimum absolute atomic E-state index is 0.000481. The summed E-state index contributed by atoms with van der Waals surface area (Å²) in [6.45, 7) is 3.60. The summed E-state index contributed by atoms with van der Waals surface area (Å²) in [4.78, 5) is 19.6. The van der Waals surface area contributed by atoms with E-state index in [4.69, 9.17) is 34.8 Å². The quantitative estimate of drug-likeness (QED) is 0.175. The van der Waals surface area contributed by atoms with Crippen molar-refractivity contribution < 1.29 is 4.92 Å². The first-order valence-electron chi connectivity index (χ1n) is 10.9. The van der Waals surface area contributed by atoms with Gasteiger partial charge in [-0.2, -0.15) is 5.26 Å². The summed E-state index contributed by atoms with van der Waals surface area (Å²) in [6.07, 6.45) is 1.22. The number of nitro groups is 1. The Balaban J connectivity index is 1.70. The maximum absolute atomic E-state index is 12.0. The number of benzene rings is 3. The summed E-state index contributed by atoms with van der Waals surface area (Å²) in [7, 11) is 0. The highest BCUT2D eigenvalue weighted by molar-refractivity contribution is 6.32. The van der Waals surface area contributed by atoms with Gasteiger partial charge in [-0.05, 0) is 66.4 Å². The van der Waals surface area contributed by atoms with Crippen LogP contribution in [0.4, 0.5) is 28.7 Å². The number of halogens is 3. The van der Waals surface area contributed by atoms with Crippen LogP contribution < -0.4 is 10.6 Å². The topological polar surface area (TPSA) is 117 Å². The predicted molar refractivity (Wildman–Crippen MR) is 147 cm³/mol. The first kappa shape index (κ1) is 26.2. The van der Waals surface area contributed by atoms with Crippen LogP contribution in [0, 0.1) is 35.3 Å². The molecule has 0 aliphatic heterocycles. The fourth-order valence-corrected chi connectivity index (χ4v) is 4.34. The number of hydrogen-bond acceptors (Lipinski definition) is 7. The molecular weight excluding hydrogens is 535 g/mol. The Kier molecular flexibility index (Phi) is 7.79. The average molecular weight is 554 g/mol. The van der Waals surface area contributed by atoms with Crippen molar-refractivity contribution in [2.24, 2.45) is 0 Å². The second kappa shape index (κ2) is 11.0. The number of aromatic nitrogens is 2. The van der Waals surface area contributed by atoms with Crippen LogP contribution in [-0.4, -0.2) is 14.9 Å². The molecule has 1 heterocycles. The Morgan fingerprint density at radius 1 is 0.946 bits per heavy atom. The van der Waals surface area contributed by atoms with Gasteiger partial charge < -0.3 is 10.6 Å². The molecule has 0 bridgehead atoms. The van der Waals surface area contributed by atoms with Crippen LogP contribution in [-0.2, 0) is 0 Å².